The normalized spacial score (nSPS) is 13.7. The van der Waals surface area contributed by atoms with E-state index in [2.05, 4.69) is 10.3 Å². The minimum atomic E-state index is -4.20. The molecule has 21 heavy (non-hydrogen) atoms. The predicted octanol–water partition coefficient (Wildman–Crippen LogP) is 3.15. The minimum Gasteiger partial charge on any atom is -0.309 e. The first-order chi connectivity index (χ1) is 9.85. The number of alkyl halides is 3. The highest BCUT2D eigenvalue weighted by molar-refractivity contribution is 5.10. The van der Waals surface area contributed by atoms with Gasteiger partial charge in [-0.1, -0.05) is 13.8 Å². The Labute approximate surface area is 122 Å². The summed E-state index contributed by atoms with van der Waals surface area (Å²) < 4.78 is 50.1. The van der Waals surface area contributed by atoms with Crippen LogP contribution < -0.4 is 5.32 Å². The summed E-state index contributed by atoms with van der Waals surface area (Å²) in [6.45, 7) is 3.98. The summed E-state index contributed by atoms with van der Waals surface area (Å²) in [5, 5.41) is 3.17. The molecule has 1 rings (SSSR count). The molecule has 0 aliphatic carbocycles. The lowest BCUT2D eigenvalue weighted by Crippen LogP contribution is -2.36. The van der Waals surface area contributed by atoms with Crippen LogP contribution in [-0.4, -0.2) is 42.2 Å². The van der Waals surface area contributed by atoms with Crippen molar-refractivity contribution in [3.8, 4) is 0 Å². The highest BCUT2D eigenvalue weighted by atomic mass is 19.4. The standard InChI is InChI=1S/C14H21F4N3/c1-3-19-13(12-6-5-11(15)9-20-12)7-8-21(4-2)10-14(16,17)18/h5-6,9,13,19H,3-4,7-8,10H2,1-2H3. The van der Waals surface area contributed by atoms with Gasteiger partial charge in [-0.2, -0.15) is 13.2 Å². The zero-order chi connectivity index (χ0) is 15.9. The van der Waals surface area contributed by atoms with Crippen molar-refractivity contribution in [3.05, 3.63) is 29.8 Å². The van der Waals surface area contributed by atoms with Crippen LogP contribution in [-0.2, 0) is 0 Å². The Balaban J connectivity index is 2.63. The fraction of sp³-hybridized carbons (Fsp3) is 0.643. The summed E-state index contributed by atoms with van der Waals surface area (Å²) >= 11 is 0. The number of nitrogens with zero attached hydrogens (tertiary/aromatic N) is 2. The van der Waals surface area contributed by atoms with Crippen molar-refractivity contribution in [1.29, 1.82) is 0 Å². The minimum absolute atomic E-state index is 0.183. The van der Waals surface area contributed by atoms with E-state index >= 15 is 0 Å². The first-order valence-electron chi connectivity index (χ1n) is 6.99. The van der Waals surface area contributed by atoms with E-state index < -0.39 is 18.5 Å². The van der Waals surface area contributed by atoms with E-state index in [0.29, 0.717) is 31.7 Å². The van der Waals surface area contributed by atoms with Crippen molar-refractivity contribution < 1.29 is 17.6 Å². The van der Waals surface area contributed by atoms with E-state index in [-0.39, 0.29) is 6.04 Å². The fourth-order valence-electron chi connectivity index (χ4n) is 2.11. The van der Waals surface area contributed by atoms with Crippen molar-refractivity contribution in [1.82, 2.24) is 15.2 Å². The van der Waals surface area contributed by atoms with Gasteiger partial charge in [0.1, 0.15) is 5.82 Å². The maximum atomic E-state index is 12.9. The molecule has 0 saturated carbocycles. The van der Waals surface area contributed by atoms with Crippen molar-refractivity contribution >= 4 is 0 Å². The number of aromatic nitrogens is 1. The van der Waals surface area contributed by atoms with E-state index in [1.165, 1.54) is 11.0 Å². The molecule has 3 nitrogen and oxygen atoms in total. The van der Waals surface area contributed by atoms with Crippen LogP contribution in [0.5, 0.6) is 0 Å². The maximum Gasteiger partial charge on any atom is 0.401 e. The highest BCUT2D eigenvalue weighted by Crippen LogP contribution is 2.19. The zero-order valence-corrected chi connectivity index (χ0v) is 12.3. The average Bonchev–Trinajstić information content (AvgIpc) is 2.41. The SMILES string of the molecule is CCNC(CCN(CC)CC(F)(F)F)c1ccc(F)cn1. The number of rotatable bonds is 8. The molecular weight excluding hydrogens is 286 g/mol. The second kappa shape index (κ2) is 8.29. The van der Waals surface area contributed by atoms with E-state index in [1.54, 1.807) is 13.0 Å². The molecule has 0 aromatic carbocycles. The van der Waals surface area contributed by atoms with Gasteiger partial charge in [0.25, 0.3) is 0 Å². The van der Waals surface area contributed by atoms with Crippen LogP contribution >= 0.6 is 0 Å². The Bertz CT molecular complexity index is 406. The van der Waals surface area contributed by atoms with Crippen LogP contribution in [0.3, 0.4) is 0 Å². The second-order valence-electron chi connectivity index (χ2n) is 4.78. The number of hydrogen-bond donors (Lipinski definition) is 1. The van der Waals surface area contributed by atoms with Gasteiger partial charge in [-0.15, -0.1) is 0 Å². The summed E-state index contributed by atoms with van der Waals surface area (Å²) in [4.78, 5) is 5.34. The van der Waals surface area contributed by atoms with Crippen molar-refractivity contribution in [3.63, 3.8) is 0 Å². The zero-order valence-electron chi connectivity index (χ0n) is 12.3. The van der Waals surface area contributed by atoms with Crippen LogP contribution in [0.15, 0.2) is 18.3 Å². The van der Waals surface area contributed by atoms with Crippen molar-refractivity contribution in [2.75, 3.05) is 26.2 Å². The largest absolute Gasteiger partial charge is 0.401 e. The van der Waals surface area contributed by atoms with Gasteiger partial charge in [0, 0.05) is 6.54 Å². The van der Waals surface area contributed by atoms with E-state index in [1.807, 2.05) is 6.92 Å². The average molecular weight is 307 g/mol. The van der Waals surface area contributed by atoms with Gasteiger partial charge in [0.05, 0.1) is 24.5 Å². The Kier molecular flexibility index (Phi) is 7.04. The second-order valence-corrected chi connectivity index (χ2v) is 4.78. The van der Waals surface area contributed by atoms with E-state index in [9.17, 15) is 17.6 Å². The molecule has 0 aliphatic rings. The molecule has 0 aliphatic heterocycles. The van der Waals surface area contributed by atoms with Crippen molar-refractivity contribution in [2.45, 2.75) is 32.5 Å². The smallest absolute Gasteiger partial charge is 0.309 e. The third-order valence-corrected chi connectivity index (χ3v) is 3.14. The molecular formula is C14H21F4N3. The molecule has 1 aromatic rings. The molecule has 1 unspecified atom stereocenters. The molecule has 0 amide bonds. The Morgan fingerprint density at radius 1 is 1.29 bits per heavy atom. The molecule has 7 heteroatoms. The molecule has 1 heterocycles. The molecule has 1 N–H and O–H groups in total. The predicted molar refractivity (Wildman–Crippen MR) is 73.4 cm³/mol. The summed E-state index contributed by atoms with van der Waals surface area (Å²) in [5.41, 5.74) is 0.640. The van der Waals surface area contributed by atoms with Gasteiger partial charge in [-0.25, -0.2) is 4.39 Å². The lowest BCUT2D eigenvalue weighted by Gasteiger charge is -2.25. The van der Waals surface area contributed by atoms with Gasteiger partial charge in [0.15, 0.2) is 0 Å². The maximum absolute atomic E-state index is 12.9. The summed E-state index contributed by atoms with van der Waals surface area (Å²) in [6.07, 6.45) is -2.60. The molecule has 0 fully saturated rings. The van der Waals surface area contributed by atoms with Crippen LogP contribution in [0.2, 0.25) is 0 Å². The highest BCUT2D eigenvalue weighted by Gasteiger charge is 2.30. The number of pyridine rings is 1. The van der Waals surface area contributed by atoms with Gasteiger partial charge < -0.3 is 5.32 Å². The van der Waals surface area contributed by atoms with Gasteiger partial charge in [-0.3, -0.25) is 9.88 Å². The Hall–Kier alpha value is -1.21. The van der Waals surface area contributed by atoms with Gasteiger partial charge >= 0.3 is 6.18 Å². The van der Waals surface area contributed by atoms with Gasteiger partial charge in [-0.05, 0) is 31.6 Å². The van der Waals surface area contributed by atoms with Crippen LogP contribution in [0.1, 0.15) is 32.0 Å². The molecule has 1 aromatic heterocycles. The van der Waals surface area contributed by atoms with E-state index in [0.717, 1.165) is 6.20 Å². The lowest BCUT2D eigenvalue weighted by atomic mass is 10.1. The first kappa shape index (κ1) is 17.8. The lowest BCUT2D eigenvalue weighted by molar-refractivity contribution is -0.145. The van der Waals surface area contributed by atoms with Gasteiger partial charge in [0.2, 0.25) is 0 Å². The number of halogens is 4. The van der Waals surface area contributed by atoms with Crippen LogP contribution in [0.4, 0.5) is 17.6 Å². The van der Waals surface area contributed by atoms with E-state index in [4.69, 9.17) is 0 Å². The molecule has 0 saturated heterocycles. The van der Waals surface area contributed by atoms with Crippen molar-refractivity contribution in [2.24, 2.45) is 0 Å². The molecule has 120 valence electrons. The van der Waals surface area contributed by atoms with Crippen LogP contribution in [0.25, 0.3) is 0 Å². The molecule has 1 atom stereocenters. The third kappa shape index (κ3) is 6.86. The molecule has 0 radical (unpaired) electrons. The molecule has 0 bridgehead atoms. The number of nitrogens with one attached hydrogen (secondary N) is 1. The fourth-order valence-corrected chi connectivity index (χ4v) is 2.11. The number of hydrogen-bond acceptors (Lipinski definition) is 3. The monoisotopic (exact) mass is 307 g/mol. The summed E-state index contributed by atoms with van der Waals surface area (Å²) in [6, 6.07) is 2.68. The van der Waals surface area contributed by atoms with Crippen LogP contribution in [0, 0.1) is 5.82 Å². The quantitative estimate of drug-likeness (QED) is 0.748. The topological polar surface area (TPSA) is 28.2 Å². The third-order valence-electron chi connectivity index (χ3n) is 3.14. The summed E-state index contributed by atoms with van der Waals surface area (Å²) in [7, 11) is 0. The summed E-state index contributed by atoms with van der Waals surface area (Å²) in [5.74, 6) is -0.429. The Morgan fingerprint density at radius 2 is 2.00 bits per heavy atom. The first-order valence-corrected chi connectivity index (χ1v) is 6.99. The molecule has 0 spiro atoms. The Morgan fingerprint density at radius 3 is 2.48 bits per heavy atom.